The van der Waals surface area contributed by atoms with Gasteiger partial charge in [0, 0.05) is 46.5 Å². The Hall–Kier alpha value is -2.60. The number of rotatable bonds is 3. The summed E-state index contributed by atoms with van der Waals surface area (Å²) in [5, 5.41) is 1.96. The number of hydrogen-bond acceptors (Lipinski definition) is 5. The van der Waals surface area contributed by atoms with Gasteiger partial charge in [-0.1, -0.05) is 37.3 Å². The monoisotopic (exact) mass is 339 g/mol. The number of para-hydroxylation sites is 2. The van der Waals surface area contributed by atoms with Crippen LogP contribution in [0, 0.1) is 5.92 Å². The fourth-order valence-electron chi connectivity index (χ4n) is 3.22. The van der Waals surface area contributed by atoms with Gasteiger partial charge in [0.2, 0.25) is 5.91 Å². The van der Waals surface area contributed by atoms with Crippen LogP contribution in [0.25, 0.3) is 0 Å². The number of carbonyl (C=O) groups excluding carboxylic acids is 1. The van der Waals surface area contributed by atoms with Crippen LogP contribution in [-0.2, 0) is 4.79 Å². The average Bonchev–Trinajstić information content (AvgIpc) is 3.13. The van der Waals surface area contributed by atoms with E-state index in [0.717, 1.165) is 28.3 Å². The third kappa shape index (κ3) is 2.30. The highest BCUT2D eigenvalue weighted by Gasteiger charge is 2.35. The molecule has 0 spiro atoms. The number of benzene rings is 2. The first-order chi connectivity index (χ1) is 11.7. The van der Waals surface area contributed by atoms with E-state index in [0.29, 0.717) is 0 Å². The van der Waals surface area contributed by atoms with Crippen LogP contribution < -0.4 is 20.3 Å². The molecule has 4 rings (SSSR count). The Kier molecular flexibility index (Phi) is 3.61. The third-order valence-electron chi connectivity index (χ3n) is 4.42. The molecule has 0 saturated heterocycles. The van der Waals surface area contributed by atoms with Gasteiger partial charge >= 0.3 is 0 Å². The Morgan fingerprint density at radius 3 is 2.79 bits per heavy atom. The molecule has 6 heteroatoms. The Labute approximate surface area is 144 Å². The fraction of sp³-hybridized carbons (Fsp3) is 0.167. The maximum atomic E-state index is 11.9. The molecule has 0 aliphatic carbocycles. The van der Waals surface area contributed by atoms with Crippen molar-refractivity contribution in [3.8, 4) is 11.5 Å². The van der Waals surface area contributed by atoms with Crippen molar-refractivity contribution >= 4 is 23.5 Å². The zero-order chi connectivity index (χ0) is 16.7. The van der Waals surface area contributed by atoms with Gasteiger partial charge in [0.25, 0.3) is 0 Å². The highest BCUT2D eigenvalue weighted by atomic mass is 32.2. The second-order valence-electron chi connectivity index (χ2n) is 5.84. The van der Waals surface area contributed by atoms with Crippen molar-refractivity contribution in [3.05, 3.63) is 65.2 Å². The van der Waals surface area contributed by atoms with Crippen molar-refractivity contribution in [2.24, 2.45) is 11.7 Å². The van der Waals surface area contributed by atoms with E-state index in [1.165, 1.54) is 11.9 Å². The van der Waals surface area contributed by atoms with Crippen LogP contribution in [0.3, 0.4) is 0 Å². The molecule has 2 aliphatic heterocycles. The van der Waals surface area contributed by atoms with E-state index < -0.39 is 0 Å². The van der Waals surface area contributed by atoms with Crippen molar-refractivity contribution in [1.82, 2.24) is 5.43 Å². The molecule has 2 atom stereocenters. The minimum atomic E-state index is -0.332. The SMILES string of the molecule is CC(C(N)=O)C1c2ccccc2Oc2c1cccc2N1NC=CS1. The number of anilines is 1. The van der Waals surface area contributed by atoms with Gasteiger partial charge in [-0.2, -0.15) is 0 Å². The maximum Gasteiger partial charge on any atom is 0.221 e. The second-order valence-corrected chi connectivity index (χ2v) is 6.68. The fourth-order valence-corrected chi connectivity index (χ4v) is 3.84. The summed E-state index contributed by atoms with van der Waals surface area (Å²) >= 11 is 1.54. The minimum Gasteiger partial charge on any atom is -0.454 e. The number of hydrogen-bond donors (Lipinski definition) is 2. The van der Waals surface area contributed by atoms with Gasteiger partial charge in [0.15, 0.2) is 5.75 Å². The molecule has 24 heavy (non-hydrogen) atoms. The van der Waals surface area contributed by atoms with E-state index in [1.54, 1.807) is 0 Å². The van der Waals surface area contributed by atoms with E-state index in [2.05, 4.69) is 5.43 Å². The number of primary amides is 1. The predicted octanol–water partition coefficient (Wildman–Crippen LogP) is 3.49. The lowest BCUT2D eigenvalue weighted by Gasteiger charge is -2.33. The van der Waals surface area contributed by atoms with Gasteiger partial charge in [-0.3, -0.25) is 10.2 Å². The lowest BCUT2D eigenvalue weighted by Crippen LogP contribution is -2.30. The largest absolute Gasteiger partial charge is 0.454 e. The number of ether oxygens (including phenoxy) is 1. The molecule has 2 aliphatic rings. The van der Waals surface area contributed by atoms with Crippen LogP contribution >= 0.6 is 11.9 Å². The molecular formula is C18H17N3O2S. The summed E-state index contributed by atoms with van der Waals surface area (Å²) in [5.41, 5.74) is 11.7. The molecule has 0 bridgehead atoms. The quantitative estimate of drug-likeness (QED) is 0.838. The average molecular weight is 339 g/mol. The van der Waals surface area contributed by atoms with Crippen LogP contribution in [0.4, 0.5) is 5.69 Å². The van der Waals surface area contributed by atoms with Crippen LogP contribution in [0.15, 0.2) is 54.1 Å². The highest BCUT2D eigenvalue weighted by molar-refractivity contribution is 8.03. The lowest BCUT2D eigenvalue weighted by atomic mass is 9.79. The number of hydrazine groups is 1. The number of fused-ring (bicyclic) bond motifs is 2. The summed E-state index contributed by atoms with van der Waals surface area (Å²) in [5.74, 6) is 0.762. The van der Waals surface area contributed by atoms with Crippen LogP contribution in [0.2, 0.25) is 0 Å². The van der Waals surface area contributed by atoms with Gasteiger partial charge in [-0.25, -0.2) is 4.41 Å². The zero-order valence-electron chi connectivity index (χ0n) is 13.1. The Morgan fingerprint density at radius 1 is 1.25 bits per heavy atom. The molecule has 122 valence electrons. The normalized spacial score (nSPS) is 19.0. The summed E-state index contributed by atoms with van der Waals surface area (Å²) in [4.78, 5) is 11.9. The molecule has 0 fully saturated rings. The third-order valence-corrected chi connectivity index (χ3v) is 5.19. The van der Waals surface area contributed by atoms with Crippen molar-refractivity contribution in [3.63, 3.8) is 0 Å². The lowest BCUT2D eigenvalue weighted by molar-refractivity contribution is -0.121. The Morgan fingerprint density at radius 2 is 2.04 bits per heavy atom. The van der Waals surface area contributed by atoms with Crippen molar-refractivity contribution in [2.75, 3.05) is 4.41 Å². The number of nitrogens with one attached hydrogen (secondary N) is 1. The minimum absolute atomic E-state index is 0.122. The van der Waals surface area contributed by atoms with E-state index in [4.69, 9.17) is 10.5 Å². The van der Waals surface area contributed by atoms with E-state index >= 15 is 0 Å². The Bertz CT molecular complexity index is 829. The molecule has 0 saturated carbocycles. The molecule has 2 aromatic carbocycles. The van der Waals surface area contributed by atoms with E-state index in [9.17, 15) is 4.79 Å². The summed E-state index contributed by atoms with van der Waals surface area (Å²) in [7, 11) is 0. The number of nitrogens with zero attached hydrogens (tertiary/aromatic N) is 1. The van der Waals surface area contributed by atoms with Gasteiger partial charge in [-0.15, -0.1) is 0 Å². The summed E-state index contributed by atoms with van der Waals surface area (Å²) in [6.07, 6.45) is 1.87. The molecule has 5 nitrogen and oxygen atoms in total. The first-order valence-corrected chi connectivity index (χ1v) is 8.57. The topological polar surface area (TPSA) is 67.6 Å². The highest BCUT2D eigenvalue weighted by Crippen LogP contribution is 2.51. The molecule has 0 aromatic heterocycles. The second kappa shape index (κ2) is 5.79. The number of carbonyl (C=O) groups is 1. The van der Waals surface area contributed by atoms with Crippen LogP contribution in [0.1, 0.15) is 24.0 Å². The smallest absolute Gasteiger partial charge is 0.221 e. The maximum absolute atomic E-state index is 11.9. The first kappa shape index (κ1) is 15.0. The van der Waals surface area contributed by atoms with Gasteiger partial charge in [0.1, 0.15) is 11.4 Å². The standard InChI is InChI=1S/C18H17N3O2S/c1-11(18(19)22)16-12-5-2-3-8-15(12)23-17-13(16)6-4-7-14(17)21-20-9-10-24-21/h2-11,16,20H,1H3,(H2,19,22). The molecular weight excluding hydrogens is 322 g/mol. The molecule has 2 heterocycles. The van der Waals surface area contributed by atoms with Gasteiger partial charge < -0.3 is 10.5 Å². The summed E-state index contributed by atoms with van der Waals surface area (Å²) in [6.45, 7) is 1.87. The zero-order valence-corrected chi connectivity index (χ0v) is 13.9. The summed E-state index contributed by atoms with van der Waals surface area (Å²) < 4.78 is 8.14. The first-order valence-electron chi connectivity index (χ1n) is 7.74. The van der Waals surface area contributed by atoms with Crippen LogP contribution in [-0.4, -0.2) is 5.91 Å². The van der Waals surface area contributed by atoms with Gasteiger partial charge in [0.05, 0.1) is 0 Å². The van der Waals surface area contributed by atoms with Crippen molar-refractivity contribution in [1.29, 1.82) is 0 Å². The van der Waals surface area contributed by atoms with Crippen molar-refractivity contribution in [2.45, 2.75) is 12.8 Å². The Balaban J connectivity index is 1.88. The molecule has 1 amide bonds. The van der Waals surface area contributed by atoms with Crippen molar-refractivity contribution < 1.29 is 9.53 Å². The summed E-state index contributed by atoms with van der Waals surface area (Å²) in [6, 6.07) is 13.8. The molecule has 0 radical (unpaired) electrons. The molecule has 2 unspecified atom stereocenters. The number of nitrogens with two attached hydrogens (primary N) is 1. The van der Waals surface area contributed by atoms with Crippen LogP contribution in [0.5, 0.6) is 11.5 Å². The molecule has 2 aromatic rings. The van der Waals surface area contributed by atoms with E-state index in [1.807, 2.05) is 65.4 Å². The number of amides is 1. The predicted molar refractivity (Wildman–Crippen MR) is 95.5 cm³/mol. The molecule has 3 N–H and O–H groups in total. The van der Waals surface area contributed by atoms with Gasteiger partial charge in [-0.05, 0) is 12.1 Å². The van der Waals surface area contributed by atoms with E-state index in [-0.39, 0.29) is 17.7 Å².